The summed E-state index contributed by atoms with van der Waals surface area (Å²) in [5, 5.41) is 0. The van der Waals surface area contributed by atoms with Gasteiger partial charge in [-0.3, -0.25) is 4.90 Å². The molecule has 1 aliphatic heterocycles. The molecular weight excluding hydrogens is 250 g/mol. The van der Waals surface area contributed by atoms with Crippen LogP contribution in [0.15, 0.2) is 0 Å². The SMILES string of the molecule is Cc1c(N)nc(C(C)C)nc1N1CC(C)N(C)C(C)C1. The maximum atomic E-state index is 6.07. The number of rotatable bonds is 2. The molecule has 0 aromatic carbocycles. The van der Waals surface area contributed by atoms with Gasteiger partial charge in [0.05, 0.1) is 0 Å². The fraction of sp³-hybridized carbons (Fsp3) is 0.733. The Hall–Kier alpha value is -1.36. The van der Waals surface area contributed by atoms with Crippen LogP contribution in [0.5, 0.6) is 0 Å². The third-order valence-corrected chi connectivity index (χ3v) is 4.35. The maximum absolute atomic E-state index is 6.07. The van der Waals surface area contributed by atoms with Crippen molar-refractivity contribution in [2.75, 3.05) is 30.8 Å². The van der Waals surface area contributed by atoms with E-state index in [1.165, 1.54) is 0 Å². The van der Waals surface area contributed by atoms with Gasteiger partial charge in [0.25, 0.3) is 0 Å². The normalized spacial score (nSPS) is 24.4. The molecule has 0 amide bonds. The van der Waals surface area contributed by atoms with Crippen LogP contribution in [0, 0.1) is 6.92 Å². The van der Waals surface area contributed by atoms with Gasteiger partial charge in [-0.1, -0.05) is 13.8 Å². The van der Waals surface area contributed by atoms with Crippen molar-refractivity contribution in [2.24, 2.45) is 0 Å². The number of nitrogens with zero attached hydrogens (tertiary/aromatic N) is 4. The first kappa shape index (κ1) is 15.0. The fourth-order valence-electron chi connectivity index (χ4n) is 2.68. The zero-order chi connectivity index (χ0) is 15.0. The lowest BCUT2D eigenvalue weighted by molar-refractivity contribution is 0.169. The Morgan fingerprint density at radius 2 is 1.70 bits per heavy atom. The molecule has 112 valence electrons. The summed E-state index contributed by atoms with van der Waals surface area (Å²) >= 11 is 0. The number of hydrogen-bond donors (Lipinski definition) is 1. The second-order valence-corrected chi connectivity index (χ2v) is 6.34. The van der Waals surface area contributed by atoms with E-state index in [9.17, 15) is 0 Å². The van der Waals surface area contributed by atoms with Gasteiger partial charge in [0.1, 0.15) is 17.5 Å². The molecule has 1 aromatic heterocycles. The fourth-order valence-corrected chi connectivity index (χ4v) is 2.68. The first-order valence-electron chi connectivity index (χ1n) is 7.42. The summed E-state index contributed by atoms with van der Waals surface area (Å²) in [6.07, 6.45) is 0. The van der Waals surface area contributed by atoms with E-state index in [2.05, 4.69) is 49.5 Å². The third-order valence-electron chi connectivity index (χ3n) is 4.35. The molecule has 1 fully saturated rings. The van der Waals surface area contributed by atoms with Crippen molar-refractivity contribution in [1.29, 1.82) is 0 Å². The zero-order valence-corrected chi connectivity index (χ0v) is 13.5. The lowest BCUT2D eigenvalue weighted by Gasteiger charge is -2.43. The Morgan fingerprint density at radius 1 is 1.15 bits per heavy atom. The largest absolute Gasteiger partial charge is 0.383 e. The summed E-state index contributed by atoms with van der Waals surface area (Å²) in [7, 11) is 2.19. The van der Waals surface area contributed by atoms with Gasteiger partial charge >= 0.3 is 0 Å². The average molecular weight is 277 g/mol. The highest BCUT2D eigenvalue weighted by Gasteiger charge is 2.28. The smallest absolute Gasteiger partial charge is 0.137 e. The van der Waals surface area contributed by atoms with Gasteiger partial charge in [-0.05, 0) is 27.8 Å². The van der Waals surface area contributed by atoms with E-state index in [1.807, 2.05) is 6.92 Å². The van der Waals surface area contributed by atoms with Crippen molar-refractivity contribution in [2.45, 2.75) is 52.6 Å². The van der Waals surface area contributed by atoms with Crippen LogP contribution in [-0.4, -0.2) is 47.1 Å². The van der Waals surface area contributed by atoms with Crippen LogP contribution in [0.25, 0.3) is 0 Å². The molecule has 5 heteroatoms. The molecule has 0 spiro atoms. The molecule has 2 rings (SSSR count). The average Bonchev–Trinajstić information content (AvgIpc) is 2.38. The van der Waals surface area contributed by atoms with E-state index in [-0.39, 0.29) is 0 Å². The van der Waals surface area contributed by atoms with E-state index >= 15 is 0 Å². The van der Waals surface area contributed by atoms with Crippen LogP contribution in [0.2, 0.25) is 0 Å². The first-order valence-corrected chi connectivity index (χ1v) is 7.42. The Labute approximate surface area is 122 Å². The number of nitrogens with two attached hydrogens (primary N) is 1. The minimum atomic E-state index is 0.291. The van der Waals surface area contributed by atoms with Gasteiger partial charge in [0.15, 0.2) is 0 Å². The molecule has 0 radical (unpaired) electrons. The highest BCUT2D eigenvalue weighted by Crippen LogP contribution is 2.27. The van der Waals surface area contributed by atoms with E-state index in [4.69, 9.17) is 10.7 Å². The monoisotopic (exact) mass is 277 g/mol. The van der Waals surface area contributed by atoms with Crippen LogP contribution in [0.1, 0.15) is 45.0 Å². The van der Waals surface area contributed by atoms with Gasteiger partial charge in [-0.2, -0.15) is 0 Å². The predicted molar refractivity (Wildman–Crippen MR) is 84.2 cm³/mol. The van der Waals surface area contributed by atoms with Crippen LogP contribution < -0.4 is 10.6 Å². The molecule has 1 aromatic rings. The summed E-state index contributed by atoms with van der Waals surface area (Å²) < 4.78 is 0. The minimum absolute atomic E-state index is 0.291. The molecule has 20 heavy (non-hydrogen) atoms. The summed E-state index contributed by atoms with van der Waals surface area (Å²) in [6, 6.07) is 1.02. The summed E-state index contributed by atoms with van der Waals surface area (Å²) in [6.45, 7) is 12.7. The molecule has 0 aliphatic carbocycles. The molecule has 0 saturated carbocycles. The minimum Gasteiger partial charge on any atom is -0.383 e. The predicted octanol–water partition coefficient (Wildman–Crippen LogP) is 2.02. The number of piperazine rings is 1. The second kappa shape index (κ2) is 5.56. The van der Waals surface area contributed by atoms with Gasteiger partial charge < -0.3 is 10.6 Å². The number of nitrogen functional groups attached to an aromatic ring is 1. The molecule has 1 saturated heterocycles. The van der Waals surface area contributed by atoms with Crippen molar-refractivity contribution in [1.82, 2.24) is 14.9 Å². The lowest BCUT2D eigenvalue weighted by atomic mass is 10.1. The van der Waals surface area contributed by atoms with Crippen LogP contribution in [0.3, 0.4) is 0 Å². The Kier molecular flexibility index (Phi) is 4.18. The molecule has 2 unspecified atom stereocenters. The molecule has 0 bridgehead atoms. The second-order valence-electron chi connectivity index (χ2n) is 6.34. The topological polar surface area (TPSA) is 58.3 Å². The molecular formula is C15H27N5. The van der Waals surface area contributed by atoms with Crippen molar-refractivity contribution in [3.8, 4) is 0 Å². The van der Waals surface area contributed by atoms with Gasteiger partial charge in [-0.15, -0.1) is 0 Å². The molecule has 2 heterocycles. The van der Waals surface area contributed by atoms with Crippen molar-refractivity contribution >= 4 is 11.6 Å². The van der Waals surface area contributed by atoms with Gasteiger partial charge in [0.2, 0.25) is 0 Å². The lowest BCUT2D eigenvalue weighted by Crippen LogP contribution is -2.55. The third kappa shape index (κ3) is 2.73. The summed E-state index contributed by atoms with van der Waals surface area (Å²) in [5.74, 6) is 2.74. The van der Waals surface area contributed by atoms with E-state index in [1.54, 1.807) is 0 Å². The molecule has 1 aliphatic rings. The van der Waals surface area contributed by atoms with Crippen molar-refractivity contribution < 1.29 is 0 Å². The standard InChI is InChI=1S/C15H27N5/c1-9(2)14-17-13(16)12(5)15(18-14)20-7-10(3)19(6)11(4)8-20/h9-11H,7-8H2,1-6H3,(H2,16,17,18). The molecule has 5 nitrogen and oxygen atoms in total. The van der Waals surface area contributed by atoms with E-state index in [0.717, 1.165) is 30.3 Å². The number of anilines is 2. The highest BCUT2D eigenvalue weighted by molar-refractivity contribution is 5.57. The van der Waals surface area contributed by atoms with Gasteiger partial charge in [0, 0.05) is 36.7 Å². The maximum Gasteiger partial charge on any atom is 0.137 e. The van der Waals surface area contributed by atoms with E-state index in [0.29, 0.717) is 23.8 Å². The van der Waals surface area contributed by atoms with Crippen molar-refractivity contribution in [3.63, 3.8) is 0 Å². The summed E-state index contributed by atoms with van der Waals surface area (Å²) in [4.78, 5) is 13.9. The molecule has 2 atom stereocenters. The molecule has 2 N–H and O–H groups in total. The number of aromatic nitrogens is 2. The Bertz CT molecular complexity index is 473. The van der Waals surface area contributed by atoms with Crippen LogP contribution in [0.4, 0.5) is 11.6 Å². The van der Waals surface area contributed by atoms with Crippen LogP contribution in [-0.2, 0) is 0 Å². The first-order chi connectivity index (χ1) is 9.31. The Balaban J connectivity index is 2.37. The van der Waals surface area contributed by atoms with Gasteiger partial charge in [-0.25, -0.2) is 9.97 Å². The quantitative estimate of drug-likeness (QED) is 0.896. The number of hydrogen-bond acceptors (Lipinski definition) is 5. The van der Waals surface area contributed by atoms with E-state index < -0.39 is 0 Å². The Morgan fingerprint density at radius 3 is 2.20 bits per heavy atom. The zero-order valence-electron chi connectivity index (χ0n) is 13.5. The summed E-state index contributed by atoms with van der Waals surface area (Å²) in [5.41, 5.74) is 7.07. The highest BCUT2D eigenvalue weighted by atomic mass is 15.3. The van der Waals surface area contributed by atoms with Crippen LogP contribution >= 0.6 is 0 Å². The number of likely N-dealkylation sites (N-methyl/N-ethyl adjacent to an activating group) is 1. The van der Waals surface area contributed by atoms with Crippen molar-refractivity contribution in [3.05, 3.63) is 11.4 Å².